The normalized spacial score (nSPS) is 22.4. The van der Waals surface area contributed by atoms with Crippen LogP contribution in [0.15, 0.2) is 18.2 Å². The summed E-state index contributed by atoms with van der Waals surface area (Å²) in [6.45, 7) is 14.2. The number of anilines is 1. The zero-order chi connectivity index (χ0) is 18.4. The fourth-order valence-corrected chi connectivity index (χ4v) is 6.58. The molecule has 0 aromatic heterocycles. The van der Waals surface area contributed by atoms with Crippen molar-refractivity contribution in [1.29, 1.82) is 0 Å². The molecule has 1 saturated heterocycles. The molecule has 1 saturated carbocycles. The van der Waals surface area contributed by atoms with Crippen LogP contribution in [0, 0.1) is 5.41 Å². The summed E-state index contributed by atoms with van der Waals surface area (Å²) < 4.78 is 1.52. The van der Waals surface area contributed by atoms with Crippen LogP contribution in [0.5, 0.6) is 0 Å². The number of hydrogen-bond acceptors (Lipinski definition) is 1. The van der Waals surface area contributed by atoms with Crippen LogP contribution in [-0.2, 0) is 0 Å². The monoisotopic (exact) mass is 405 g/mol. The van der Waals surface area contributed by atoms with E-state index in [0.717, 1.165) is 0 Å². The Balaban J connectivity index is 2.16. The number of hydrogen-bond donors (Lipinski definition) is 0. The van der Waals surface area contributed by atoms with Crippen molar-refractivity contribution in [3.05, 3.63) is 29.3 Å². The number of para-hydroxylation sites is 1. The zero-order valence-electron chi connectivity index (χ0n) is 17.0. The molecule has 0 bridgehead atoms. The Hall–Kier alpha value is -0.591. The first-order valence-electron chi connectivity index (χ1n) is 10.2. The van der Waals surface area contributed by atoms with Crippen molar-refractivity contribution in [2.45, 2.75) is 97.4 Å². The minimum absolute atomic E-state index is 0.173. The van der Waals surface area contributed by atoms with Gasteiger partial charge in [0.25, 0.3) is 0 Å². The van der Waals surface area contributed by atoms with E-state index in [2.05, 4.69) is 80.2 Å². The van der Waals surface area contributed by atoms with Gasteiger partial charge in [0.05, 0.1) is 0 Å². The predicted molar refractivity (Wildman–Crippen MR) is 112 cm³/mol. The van der Waals surface area contributed by atoms with Gasteiger partial charge in [-0.25, -0.2) is 0 Å². The maximum absolute atomic E-state index is 3.58. The summed E-state index contributed by atoms with van der Waals surface area (Å²) in [4.78, 5) is 2.71. The molecule has 1 nitrogen and oxygen atoms in total. The second-order valence-electron chi connectivity index (χ2n) is 9.57. The van der Waals surface area contributed by atoms with Crippen molar-refractivity contribution in [3.8, 4) is 0 Å². The van der Waals surface area contributed by atoms with Gasteiger partial charge in [-0.15, -0.1) is 0 Å². The summed E-state index contributed by atoms with van der Waals surface area (Å²) in [6.07, 6.45) is 8.18. The van der Waals surface area contributed by atoms with Crippen molar-refractivity contribution in [2.75, 3.05) is 4.90 Å². The molecule has 1 aliphatic heterocycles. The van der Waals surface area contributed by atoms with Crippen molar-refractivity contribution >= 4 is 25.8 Å². The topological polar surface area (TPSA) is 3.24 Å². The van der Waals surface area contributed by atoms with Gasteiger partial charge in [-0.2, -0.15) is 0 Å². The molecule has 0 N–H and O–H groups in total. The van der Waals surface area contributed by atoms with Gasteiger partial charge in [0, 0.05) is 0 Å². The minimum atomic E-state index is 0.173. The first-order valence-corrected chi connectivity index (χ1v) is 11.0. The Kier molecular flexibility index (Phi) is 5.26. The Bertz CT molecular complexity index is 624. The summed E-state index contributed by atoms with van der Waals surface area (Å²) >= 11 is 3.58. The molecule has 0 atom stereocenters. The number of benzene rings is 1. The molecule has 138 valence electrons. The van der Waals surface area contributed by atoms with Gasteiger partial charge in [-0.1, -0.05) is 0 Å². The average molecular weight is 405 g/mol. The second-order valence-corrected chi connectivity index (χ2v) is 10.4. The molecule has 25 heavy (non-hydrogen) atoms. The summed E-state index contributed by atoms with van der Waals surface area (Å²) in [7, 11) is 0. The molecule has 1 heterocycles. The molecule has 1 aromatic rings. The van der Waals surface area contributed by atoms with Crippen LogP contribution in [0.4, 0.5) is 5.69 Å². The Morgan fingerprint density at radius 1 is 0.920 bits per heavy atom. The summed E-state index contributed by atoms with van der Waals surface area (Å²) in [5, 5.41) is 0. The van der Waals surface area contributed by atoms with Crippen molar-refractivity contribution in [1.82, 2.24) is 0 Å². The molecule has 2 fully saturated rings. The predicted octanol–water partition coefficient (Wildman–Crippen LogP) is 6.17. The molecule has 0 unspecified atom stereocenters. The Labute approximate surface area is 162 Å². The molecule has 0 radical (unpaired) electrons. The van der Waals surface area contributed by atoms with Crippen LogP contribution < -0.4 is 4.90 Å². The van der Waals surface area contributed by atoms with Crippen LogP contribution >= 0.6 is 0 Å². The van der Waals surface area contributed by atoms with E-state index in [4.69, 9.17) is 0 Å². The molecule has 1 aromatic carbocycles. The van der Waals surface area contributed by atoms with Crippen LogP contribution in [0.2, 0.25) is 0 Å². The van der Waals surface area contributed by atoms with Gasteiger partial charge in [-0.3, -0.25) is 0 Å². The third kappa shape index (κ3) is 3.26. The number of nitrogens with zero attached hydrogens (tertiary/aromatic N) is 1. The average Bonchev–Trinajstić information content (AvgIpc) is 2.72. The van der Waals surface area contributed by atoms with E-state index >= 15 is 0 Å². The summed E-state index contributed by atoms with van der Waals surface area (Å²) in [5.41, 5.74) is 5.06. The summed E-state index contributed by atoms with van der Waals surface area (Å²) in [6, 6.07) is 6.95. The van der Waals surface area contributed by atoms with E-state index < -0.39 is 0 Å². The van der Waals surface area contributed by atoms with E-state index in [1.807, 2.05) is 0 Å². The fraction of sp³-hybridized carbons (Fsp3) is 0.696. The third-order valence-corrected chi connectivity index (χ3v) is 7.70. The molecular weight excluding hydrogens is 369 g/mol. The van der Waals surface area contributed by atoms with E-state index in [1.165, 1.54) is 59.9 Å². The van der Waals surface area contributed by atoms with Gasteiger partial charge >= 0.3 is 163 Å². The van der Waals surface area contributed by atoms with Crippen LogP contribution in [-0.4, -0.2) is 25.7 Å². The van der Waals surface area contributed by atoms with Gasteiger partial charge in [0.2, 0.25) is 0 Å². The number of rotatable bonds is 3. The molecule has 2 aliphatic rings. The molecule has 2 heteroatoms. The molecule has 1 aliphatic carbocycles. The Morgan fingerprint density at radius 3 is 1.92 bits per heavy atom. The van der Waals surface area contributed by atoms with E-state index in [-0.39, 0.29) is 5.54 Å². The third-order valence-electron chi connectivity index (χ3n) is 6.41. The van der Waals surface area contributed by atoms with Crippen LogP contribution in [0.3, 0.4) is 0 Å². The maximum atomic E-state index is 3.58. The van der Waals surface area contributed by atoms with Crippen molar-refractivity contribution in [2.24, 2.45) is 5.41 Å². The van der Waals surface area contributed by atoms with Gasteiger partial charge < -0.3 is 0 Å². The Morgan fingerprint density at radius 2 is 1.44 bits per heavy atom. The molecule has 3 rings (SSSR count). The SMILES string of the molecule is CC(C)c1cccc(C(C)C)c1N1C(=[Se])C2(CCCCC2)CC1(C)C. The van der Waals surface area contributed by atoms with Crippen molar-refractivity contribution in [3.63, 3.8) is 0 Å². The molecule has 0 amide bonds. The van der Waals surface area contributed by atoms with Gasteiger partial charge in [0.1, 0.15) is 0 Å². The first kappa shape index (κ1) is 19.2. The molecule has 1 spiro atoms. The van der Waals surface area contributed by atoms with Gasteiger partial charge in [-0.05, 0) is 0 Å². The van der Waals surface area contributed by atoms with E-state index in [1.54, 1.807) is 0 Å². The quantitative estimate of drug-likeness (QED) is 0.545. The van der Waals surface area contributed by atoms with Gasteiger partial charge in [0.15, 0.2) is 0 Å². The second kappa shape index (κ2) is 6.86. The standard InChI is InChI=1S/C23H35NSe/c1-16(2)18-11-10-12-19(17(3)4)20(18)24-21(25)23(15-22(24,5)6)13-8-7-9-14-23/h10-12,16-17H,7-9,13-15H2,1-6H3. The van der Waals surface area contributed by atoms with Crippen LogP contribution in [0.25, 0.3) is 0 Å². The van der Waals surface area contributed by atoms with Crippen LogP contribution in [0.1, 0.15) is 103 Å². The fourth-order valence-electron chi connectivity index (χ4n) is 5.29. The molecular formula is C23H35NSe. The summed E-state index contributed by atoms with van der Waals surface area (Å²) in [5.74, 6) is 1.08. The first-order chi connectivity index (χ1) is 11.7. The van der Waals surface area contributed by atoms with E-state index in [9.17, 15) is 0 Å². The van der Waals surface area contributed by atoms with Crippen molar-refractivity contribution < 1.29 is 0 Å². The zero-order valence-corrected chi connectivity index (χ0v) is 18.7. The van der Waals surface area contributed by atoms with E-state index in [0.29, 0.717) is 17.3 Å².